The molecule has 5 heteroatoms. The number of anilines is 1. The van der Waals surface area contributed by atoms with E-state index < -0.39 is 0 Å². The fraction of sp³-hybridized carbons (Fsp3) is 0.650. The van der Waals surface area contributed by atoms with Crippen molar-refractivity contribution in [2.45, 2.75) is 45.3 Å². The highest BCUT2D eigenvalue weighted by Crippen LogP contribution is 2.32. The van der Waals surface area contributed by atoms with E-state index in [1.807, 2.05) is 11.0 Å². The number of nitrogens with zero attached hydrogens (tertiary/aromatic N) is 3. The maximum absolute atomic E-state index is 13.2. The summed E-state index contributed by atoms with van der Waals surface area (Å²) in [6, 6.07) is 8.91. The number of para-hydroxylation sites is 1. The minimum Gasteiger partial charge on any atom is -0.383 e. The second-order valence-corrected chi connectivity index (χ2v) is 7.44. The van der Waals surface area contributed by atoms with E-state index in [1.165, 1.54) is 5.56 Å². The van der Waals surface area contributed by atoms with Gasteiger partial charge in [0.15, 0.2) is 0 Å². The molecule has 1 saturated heterocycles. The predicted octanol–water partition coefficient (Wildman–Crippen LogP) is 2.01. The lowest BCUT2D eigenvalue weighted by atomic mass is 10.1. The second-order valence-electron chi connectivity index (χ2n) is 7.44. The molecule has 0 unspecified atom stereocenters. The molecule has 25 heavy (non-hydrogen) atoms. The number of amides is 1. The van der Waals surface area contributed by atoms with Gasteiger partial charge in [0.25, 0.3) is 0 Å². The van der Waals surface area contributed by atoms with E-state index in [9.17, 15) is 4.79 Å². The van der Waals surface area contributed by atoms with Gasteiger partial charge in [0.1, 0.15) is 0 Å². The van der Waals surface area contributed by atoms with Crippen molar-refractivity contribution in [1.29, 1.82) is 0 Å². The van der Waals surface area contributed by atoms with Crippen LogP contribution in [-0.2, 0) is 16.0 Å². The van der Waals surface area contributed by atoms with E-state index in [2.05, 4.69) is 48.8 Å². The molecule has 0 aromatic heterocycles. The highest BCUT2D eigenvalue weighted by molar-refractivity contribution is 5.99. The molecule has 1 fully saturated rings. The zero-order chi connectivity index (χ0) is 18.0. The lowest BCUT2D eigenvalue weighted by molar-refractivity contribution is -0.124. The topological polar surface area (TPSA) is 36.0 Å². The molecule has 0 N–H and O–H groups in total. The van der Waals surface area contributed by atoms with E-state index in [0.717, 1.165) is 44.9 Å². The zero-order valence-corrected chi connectivity index (χ0v) is 15.9. The molecule has 2 heterocycles. The summed E-state index contributed by atoms with van der Waals surface area (Å²) in [5, 5.41) is 0. The van der Waals surface area contributed by atoms with Crippen LogP contribution in [0.5, 0.6) is 0 Å². The first-order valence-corrected chi connectivity index (χ1v) is 9.41. The number of benzene rings is 1. The fourth-order valence-electron chi connectivity index (χ4n) is 4.17. The van der Waals surface area contributed by atoms with Gasteiger partial charge < -0.3 is 9.64 Å². The molecule has 0 radical (unpaired) electrons. The maximum Gasteiger partial charge on any atom is 0.244 e. The Balaban J connectivity index is 1.65. The number of carbonyl (C=O) groups is 1. The van der Waals surface area contributed by atoms with Gasteiger partial charge in [-0.25, -0.2) is 0 Å². The van der Waals surface area contributed by atoms with Crippen LogP contribution >= 0.6 is 0 Å². The van der Waals surface area contributed by atoms with E-state index in [-0.39, 0.29) is 18.0 Å². The van der Waals surface area contributed by atoms with Crippen molar-refractivity contribution in [3.63, 3.8) is 0 Å². The van der Waals surface area contributed by atoms with Crippen LogP contribution in [0, 0.1) is 0 Å². The first-order valence-electron chi connectivity index (χ1n) is 9.41. The molecule has 1 aromatic rings. The summed E-state index contributed by atoms with van der Waals surface area (Å²) >= 11 is 0. The molecule has 0 spiro atoms. The van der Waals surface area contributed by atoms with Crippen molar-refractivity contribution in [2.24, 2.45) is 0 Å². The first-order chi connectivity index (χ1) is 12.0. The molecule has 1 amide bonds. The lowest BCUT2D eigenvalue weighted by Gasteiger charge is -2.42. The van der Waals surface area contributed by atoms with Crippen LogP contribution in [0.4, 0.5) is 5.69 Å². The quantitative estimate of drug-likeness (QED) is 0.818. The molecule has 0 bridgehead atoms. The largest absolute Gasteiger partial charge is 0.383 e. The Kier molecular flexibility index (Phi) is 5.77. The van der Waals surface area contributed by atoms with Gasteiger partial charge in [-0.05, 0) is 38.8 Å². The van der Waals surface area contributed by atoms with Crippen LogP contribution < -0.4 is 4.90 Å². The van der Waals surface area contributed by atoms with Crippen molar-refractivity contribution in [1.82, 2.24) is 9.80 Å². The molecule has 2 aliphatic heterocycles. The summed E-state index contributed by atoms with van der Waals surface area (Å²) in [4.78, 5) is 20.0. The smallest absolute Gasteiger partial charge is 0.244 e. The highest BCUT2D eigenvalue weighted by atomic mass is 16.5. The first kappa shape index (κ1) is 18.4. The Morgan fingerprint density at radius 3 is 2.72 bits per heavy atom. The lowest BCUT2D eigenvalue weighted by Crippen LogP contribution is -2.58. The number of carbonyl (C=O) groups excluding carboxylic acids is 1. The zero-order valence-electron chi connectivity index (χ0n) is 15.9. The molecular weight excluding hydrogens is 314 g/mol. The van der Waals surface area contributed by atoms with Crippen LogP contribution in [0.3, 0.4) is 0 Å². The number of piperazine rings is 1. The fourth-order valence-corrected chi connectivity index (χ4v) is 4.17. The third-order valence-electron chi connectivity index (χ3n) is 5.73. The van der Waals surface area contributed by atoms with Crippen molar-refractivity contribution in [3.8, 4) is 0 Å². The number of ether oxygens (including phenoxy) is 1. The SMILES string of the molecule is COCCN1CCN([C@H](C)C(=O)N2c3ccccc3C[C@H]2C)C[C@@H]1C. The van der Waals surface area contributed by atoms with Crippen LogP contribution in [-0.4, -0.2) is 73.7 Å². The van der Waals surface area contributed by atoms with Crippen LogP contribution in [0.2, 0.25) is 0 Å². The monoisotopic (exact) mass is 345 g/mol. The van der Waals surface area contributed by atoms with Gasteiger partial charge in [-0.2, -0.15) is 0 Å². The summed E-state index contributed by atoms with van der Waals surface area (Å²) in [7, 11) is 1.75. The van der Waals surface area contributed by atoms with Gasteiger partial charge in [0.2, 0.25) is 5.91 Å². The maximum atomic E-state index is 13.2. The van der Waals surface area contributed by atoms with Crippen molar-refractivity contribution in [3.05, 3.63) is 29.8 Å². The van der Waals surface area contributed by atoms with Crippen LogP contribution in [0.15, 0.2) is 24.3 Å². The Bertz CT molecular complexity index is 606. The van der Waals surface area contributed by atoms with Crippen molar-refractivity contribution in [2.75, 3.05) is 44.8 Å². The molecule has 1 aromatic carbocycles. The molecule has 3 atom stereocenters. The van der Waals surface area contributed by atoms with Crippen molar-refractivity contribution >= 4 is 11.6 Å². The number of hydrogen-bond donors (Lipinski definition) is 0. The number of hydrogen-bond acceptors (Lipinski definition) is 4. The molecule has 0 saturated carbocycles. The molecular formula is C20H31N3O2. The molecule has 5 nitrogen and oxygen atoms in total. The van der Waals surface area contributed by atoms with Crippen LogP contribution in [0.25, 0.3) is 0 Å². The Labute approximate surface area is 151 Å². The highest BCUT2D eigenvalue weighted by Gasteiger charge is 2.36. The van der Waals surface area contributed by atoms with E-state index in [4.69, 9.17) is 4.74 Å². The van der Waals surface area contributed by atoms with Gasteiger partial charge in [-0.15, -0.1) is 0 Å². The molecule has 138 valence electrons. The predicted molar refractivity (Wildman–Crippen MR) is 101 cm³/mol. The van der Waals surface area contributed by atoms with E-state index in [1.54, 1.807) is 7.11 Å². The van der Waals surface area contributed by atoms with Gasteiger partial charge in [-0.3, -0.25) is 14.6 Å². The average molecular weight is 345 g/mol. The number of methoxy groups -OCH3 is 1. The van der Waals surface area contributed by atoms with Gasteiger partial charge in [0, 0.05) is 51.1 Å². The summed E-state index contributed by atoms with van der Waals surface area (Å²) < 4.78 is 5.20. The summed E-state index contributed by atoms with van der Waals surface area (Å²) in [5.74, 6) is 0.231. The van der Waals surface area contributed by atoms with E-state index >= 15 is 0 Å². The van der Waals surface area contributed by atoms with E-state index in [0.29, 0.717) is 6.04 Å². The second kappa shape index (κ2) is 7.85. The number of rotatable bonds is 5. The summed E-state index contributed by atoms with van der Waals surface area (Å²) in [6.07, 6.45) is 0.954. The Morgan fingerprint density at radius 2 is 2.00 bits per heavy atom. The number of fused-ring (bicyclic) bond motifs is 1. The minimum atomic E-state index is -0.0827. The van der Waals surface area contributed by atoms with Crippen molar-refractivity contribution < 1.29 is 9.53 Å². The molecule has 2 aliphatic rings. The normalized spacial score (nSPS) is 25.8. The third-order valence-corrected chi connectivity index (χ3v) is 5.73. The summed E-state index contributed by atoms with van der Waals surface area (Å²) in [6.45, 7) is 11.0. The van der Waals surface area contributed by atoms with Crippen LogP contribution in [0.1, 0.15) is 26.3 Å². The minimum absolute atomic E-state index is 0.0827. The van der Waals surface area contributed by atoms with Gasteiger partial charge in [-0.1, -0.05) is 18.2 Å². The average Bonchev–Trinajstić information content (AvgIpc) is 2.95. The Morgan fingerprint density at radius 1 is 1.24 bits per heavy atom. The standard InChI is InChI=1S/C20H31N3O2/c1-15-13-18-7-5-6-8-19(18)23(15)20(24)17(3)22-10-9-21(11-12-25-4)16(2)14-22/h5-8,15-17H,9-14H2,1-4H3/t15-,16+,17-/m1/s1. The van der Waals surface area contributed by atoms with Gasteiger partial charge in [0.05, 0.1) is 12.6 Å². The van der Waals surface area contributed by atoms with Gasteiger partial charge >= 0.3 is 0 Å². The third kappa shape index (κ3) is 3.73. The molecule has 3 rings (SSSR count). The summed E-state index contributed by atoms with van der Waals surface area (Å²) in [5.41, 5.74) is 2.38. The molecule has 0 aliphatic carbocycles. The Hall–Kier alpha value is -1.43.